The van der Waals surface area contributed by atoms with Gasteiger partial charge < -0.3 is 9.84 Å². The Bertz CT molecular complexity index is 1180. The summed E-state index contributed by atoms with van der Waals surface area (Å²) in [6.45, 7) is 22.4. The molecule has 1 N–H and O–H groups in total. The lowest BCUT2D eigenvalue weighted by Gasteiger charge is -2.36. The Morgan fingerprint density at radius 3 is 2.08 bits per heavy atom. The van der Waals surface area contributed by atoms with Gasteiger partial charge in [0.15, 0.2) is 0 Å². The van der Waals surface area contributed by atoms with E-state index >= 15 is 0 Å². The van der Waals surface area contributed by atoms with E-state index in [1.165, 1.54) is 47.2 Å². The highest BCUT2D eigenvalue weighted by atomic mass is 16.6. The third-order valence-electron chi connectivity index (χ3n) is 9.41. The highest BCUT2D eigenvalue weighted by Gasteiger charge is 2.56. The fourth-order valence-electron chi connectivity index (χ4n) is 7.02. The molecule has 4 nitrogen and oxygen atoms in total. The summed E-state index contributed by atoms with van der Waals surface area (Å²) in [6.07, 6.45) is 6.68. The standard InChI is InChI=1S/C31H44NO3.C5H12/c1-19(2)27-25-26(24-22(32(27)34-8)17-30(6,7)18-23(24)33)31(15-9-10-16-31)35-28(25)20-11-13-21(14-12-20)29(3,4)5;1-4-5(2)3/h11-14,19,23,28,33H,9-10,15-18H2,1-8H3;5H,4H2,1-3H3/q+1;. The lowest BCUT2D eigenvalue weighted by Crippen LogP contribution is -2.53. The number of aliphatic hydroxyl groups is 1. The van der Waals surface area contributed by atoms with Gasteiger partial charge in [-0.05, 0) is 47.1 Å². The van der Waals surface area contributed by atoms with E-state index < -0.39 is 6.10 Å². The minimum Gasteiger partial charge on any atom is -0.388 e. The Labute approximate surface area is 244 Å². The van der Waals surface area contributed by atoms with Gasteiger partial charge in [0.05, 0.1) is 22.8 Å². The SMILES string of the molecule is CCC(C)C.CO[n+]1c2c(c3c(c1C(C)C)C(c1ccc(C(C)(C)C)cc1)OC31CCCC1)C(O)CC(C)(C)C2. The molecule has 2 aliphatic carbocycles. The molecule has 222 valence electrons. The van der Waals surface area contributed by atoms with Crippen LogP contribution in [0.3, 0.4) is 0 Å². The number of fused-ring (bicyclic) bond motifs is 4. The first-order valence-electron chi connectivity index (χ1n) is 15.8. The maximum atomic E-state index is 11.6. The predicted molar refractivity (Wildman–Crippen MR) is 164 cm³/mol. The molecule has 0 bridgehead atoms. The van der Waals surface area contributed by atoms with Crippen LogP contribution in [-0.4, -0.2) is 12.2 Å². The van der Waals surface area contributed by atoms with Crippen molar-refractivity contribution in [3.8, 4) is 0 Å². The first kappa shape index (κ1) is 31.0. The van der Waals surface area contributed by atoms with Crippen LogP contribution in [-0.2, 0) is 22.2 Å². The third-order valence-corrected chi connectivity index (χ3v) is 9.41. The molecule has 1 aromatic heterocycles. The summed E-state index contributed by atoms with van der Waals surface area (Å²) in [5.41, 5.74) is 8.27. The minimum absolute atomic E-state index is 0.0136. The van der Waals surface area contributed by atoms with Crippen LogP contribution >= 0.6 is 0 Å². The second-order valence-electron chi connectivity index (χ2n) is 15.1. The van der Waals surface area contributed by atoms with Crippen molar-refractivity contribution in [2.75, 3.05) is 7.11 Å². The molecule has 1 saturated carbocycles. The van der Waals surface area contributed by atoms with Gasteiger partial charge in [-0.25, -0.2) is 0 Å². The lowest BCUT2D eigenvalue weighted by atomic mass is 9.70. The molecule has 1 fully saturated rings. The Balaban J connectivity index is 0.000000681. The van der Waals surface area contributed by atoms with Crippen molar-refractivity contribution in [3.05, 3.63) is 63.5 Å². The summed E-state index contributed by atoms with van der Waals surface area (Å²) in [4.78, 5) is 6.12. The van der Waals surface area contributed by atoms with Crippen LogP contribution in [0.25, 0.3) is 0 Å². The van der Waals surface area contributed by atoms with E-state index in [0.29, 0.717) is 0 Å². The zero-order valence-electron chi connectivity index (χ0n) is 27.3. The number of benzene rings is 1. The molecule has 2 heterocycles. The van der Waals surface area contributed by atoms with Crippen molar-refractivity contribution in [2.24, 2.45) is 11.3 Å². The molecule has 0 saturated heterocycles. The molecule has 40 heavy (non-hydrogen) atoms. The van der Waals surface area contributed by atoms with Gasteiger partial charge in [-0.2, -0.15) is 0 Å². The monoisotopic (exact) mass is 550 g/mol. The van der Waals surface area contributed by atoms with Crippen molar-refractivity contribution in [3.63, 3.8) is 0 Å². The molecule has 4 heteroatoms. The Morgan fingerprint density at radius 1 is 1.02 bits per heavy atom. The van der Waals surface area contributed by atoms with Gasteiger partial charge in [-0.15, -0.1) is 0 Å². The van der Waals surface area contributed by atoms with Crippen molar-refractivity contribution >= 4 is 0 Å². The highest BCUT2D eigenvalue weighted by Crippen LogP contribution is 2.59. The van der Waals surface area contributed by atoms with Crippen molar-refractivity contribution in [2.45, 2.75) is 143 Å². The molecule has 1 spiro atoms. The van der Waals surface area contributed by atoms with Crippen LogP contribution in [0.4, 0.5) is 0 Å². The zero-order chi connectivity index (χ0) is 29.6. The summed E-state index contributed by atoms with van der Waals surface area (Å²) in [6, 6.07) is 9.02. The maximum Gasteiger partial charge on any atom is 0.243 e. The smallest absolute Gasteiger partial charge is 0.243 e. The number of aromatic nitrogens is 1. The second kappa shape index (κ2) is 11.4. The van der Waals surface area contributed by atoms with Gasteiger partial charge in [0, 0.05) is 22.6 Å². The number of hydrogen-bond acceptors (Lipinski definition) is 3. The van der Waals surface area contributed by atoms with Gasteiger partial charge in [0.2, 0.25) is 11.4 Å². The van der Waals surface area contributed by atoms with Gasteiger partial charge >= 0.3 is 0 Å². The fraction of sp³-hybridized carbons (Fsp3) is 0.694. The summed E-state index contributed by atoms with van der Waals surface area (Å²) in [5, 5.41) is 11.6. The fourth-order valence-corrected chi connectivity index (χ4v) is 7.02. The van der Waals surface area contributed by atoms with E-state index in [9.17, 15) is 5.11 Å². The summed E-state index contributed by atoms with van der Waals surface area (Å²) in [5.74, 6) is 1.14. The molecule has 3 aliphatic rings. The summed E-state index contributed by atoms with van der Waals surface area (Å²) >= 11 is 0. The molecular weight excluding hydrogens is 494 g/mol. The molecule has 1 aromatic carbocycles. The number of pyridine rings is 1. The van der Waals surface area contributed by atoms with E-state index in [-0.39, 0.29) is 28.5 Å². The van der Waals surface area contributed by atoms with E-state index in [0.717, 1.165) is 42.9 Å². The maximum absolute atomic E-state index is 11.6. The zero-order valence-corrected chi connectivity index (χ0v) is 27.3. The molecule has 0 radical (unpaired) electrons. The van der Waals surface area contributed by atoms with Crippen molar-refractivity contribution < 1.29 is 19.4 Å². The number of ether oxygens (including phenoxy) is 1. The van der Waals surface area contributed by atoms with Gasteiger partial charge in [-0.3, -0.25) is 4.84 Å². The van der Waals surface area contributed by atoms with Crippen LogP contribution < -0.4 is 9.57 Å². The Hall–Kier alpha value is -1.91. The Morgan fingerprint density at radius 2 is 1.60 bits per heavy atom. The minimum atomic E-state index is -0.506. The average molecular weight is 551 g/mol. The molecule has 2 aromatic rings. The van der Waals surface area contributed by atoms with Crippen LogP contribution in [0.15, 0.2) is 24.3 Å². The normalized spacial score (nSPS) is 22.8. The first-order valence-corrected chi connectivity index (χ1v) is 15.8. The number of rotatable bonds is 4. The predicted octanol–water partition coefficient (Wildman–Crippen LogP) is 8.40. The molecular formula is C36H56NO3+. The van der Waals surface area contributed by atoms with E-state index in [2.05, 4.69) is 98.2 Å². The molecule has 0 amide bonds. The molecule has 2 unspecified atom stereocenters. The van der Waals surface area contributed by atoms with Crippen LogP contribution in [0, 0.1) is 11.3 Å². The number of aliphatic hydroxyl groups excluding tert-OH is 1. The van der Waals surface area contributed by atoms with Gasteiger partial charge in [0.1, 0.15) is 13.2 Å². The Kier molecular flexibility index (Phi) is 8.85. The summed E-state index contributed by atoms with van der Waals surface area (Å²) < 4.78 is 9.22. The topological polar surface area (TPSA) is 42.6 Å². The van der Waals surface area contributed by atoms with Crippen LogP contribution in [0.1, 0.15) is 165 Å². The third kappa shape index (κ3) is 5.73. The second-order valence-corrected chi connectivity index (χ2v) is 15.1. The molecule has 5 rings (SSSR count). The molecule has 2 atom stereocenters. The van der Waals surface area contributed by atoms with Gasteiger partial charge in [0.25, 0.3) is 0 Å². The van der Waals surface area contributed by atoms with Crippen LogP contribution in [0.5, 0.6) is 0 Å². The van der Waals surface area contributed by atoms with Crippen molar-refractivity contribution in [1.29, 1.82) is 0 Å². The van der Waals surface area contributed by atoms with Crippen LogP contribution in [0.2, 0.25) is 0 Å². The average Bonchev–Trinajstić information content (AvgIpc) is 3.47. The highest BCUT2D eigenvalue weighted by molar-refractivity contribution is 5.52. The lowest BCUT2D eigenvalue weighted by molar-refractivity contribution is -0.897. The van der Waals surface area contributed by atoms with Crippen molar-refractivity contribution in [1.82, 2.24) is 0 Å². The van der Waals surface area contributed by atoms with E-state index in [1.807, 2.05) is 0 Å². The first-order chi connectivity index (χ1) is 18.7. The number of nitrogens with zero attached hydrogens (tertiary/aromatic N) is 1. The molecule has 1 aliphatic heterocycles. The quantitative estimate of drug-likeness (QED) is 0.389. The van der Waals surface area contributed by atoms with Gasteiger partial charge in [-0.1, -0.05) is 113 Å². The van der Waals surface area contributed by atoms with E-state index in [4.69, 9.17) is 9.57 Å². The van der Waals surface area contributed by atoms with E-state index in [1.54, 1.807) is 7.11 Å². The summed E-state index contributed by atoms with van der Waals surface area (Å²) in [7, 11) is 1.76. The number of hydrogen-bond donors (Lipinski definition) is 1. The largest absolute Gasteiger partial charge is 0.388 e.